The zero-order valence-corrected chi connectivity index (χ0v) is 15.1. The number of benzene rings is 2. The molecule has 0 bridgehead atoms. The Morgan fingerprint density at radius 3 is 2.69 bits per heavy atom. The molecule has 1 atom stereocenters. The molecule has 2 heterocycles. The van der Waals surface area contributed by atoms with Crippen molar-refractivity contribution in [1.29, 1.82) is 0 Å². The number of halogens is 4. The van der Waals surface area contributed by atoms with E-state index >= 15 is 0 Å². The van der Waals surface area contributed by atoms with Crippen LogP contribution in [0, 0.1) is 23.3 Å². The molecular weight excluding hydrogens is 416 g/mol. The molecule has 0 aliphatic carbocycles. The van der Waals surface area contributed by atoms with Crippen LogP contribution in [0.4, 0.5) is 23.2 Å². The zero-order chi connectivity index (χ0) is 20.9. The summed E-state index contributed by atoms with van der Waals surface area (Å²) in [6.07, 6.45) is -2.06. The minimum Gasteiger partial charge on any atom is -0.481 e. The van der Waals surface area contributed by atoms with Gasteiger partial charge in [-0.05, 0) is 12.1 Å². The summed E-state index contributed by atoms with van der Waals surface area (Å²) in [6, 6.07) is 4.51. The second kappa shape index (κ2) is 6.99. The number of ether oxygens (including phenoxy) is 1. The van der Waals surface area contributed by atoms with E-state index in [-0.39, 0.29) is 33.2 Å². The van der Waals surface area contributed by atoms with Crippen LogP contribution in [-0.2, 0) is 16.1 Å². The van der Waals surface area contributed by atoms with Gasteiger partial charge in [-0.1, -0.05) is 6.07 Å². The number of aromatic nitrogens is 1. The van der Waals surface area contributed by atoms with Gasteiger partial charge in [0.15, 0.2) is 29.4 Å². The Balaban J connectivity index is 1.77. The van der Waals surface area contributed by atoms with Gasteiger partial charge in [0, 0.05) is 6.07 Å². The highest BCUT2D eigenvalue weighted by atomic mass is 32.1. The van der Waals surface area contributed by atoms with Crippen LogP contribution in [0.25, 0.3) is 10.2 Å². The lowest BCUT2D eigenvalue weighted by atomic mass is 10.1. The third-order valence-electron chi connectivity index (χ3n) is 4.25. The minimum atomic E-state index is -1.65. The molecule has 1 N–H and O–H groups in total. The van der Waals surface area contributed by atoms with Crippen molar-refractivity contribution in [2.75, 3.05) is 4.90 Å². The fraction of sp³-hybridized carbons (Fsp3) is 0.167. The van der Waals surface area contributed by atoms with Gasteiger partial charge >= 0.3 is 5.97 Å². The van der Waals surface area contributed by atoms with Crippen LogP contribution in [0.3, 0.4) is 0 Å². The summed E-state index contributed by atoms with van der Waals surface area (Å²) in [7, 11) is 0. The molecule has 150 valence electrons. The monoisotopic (exact) mass is 426 g/mol. The van der Waals surface area contributed by atoms with Gasteiger partial charge in [0.2, 0.25) is 0 Å². The van der Waals surface area contributed by atoms with Crippen molar-refractivity contribution in [2.24, 2.45) is 0 Å². The lowest BCUT2D eigenvalue weighted by Crippen LogP contribution is -2.46. The fourth-order valence-corrected chi connectivity index (χ4v) is 3.97. The molecule has 2 aromatic carbocycles. The van der Waals surface area contributed by atoms with Crippen LogP contribution in [-0.4, -0.2) is 28.1 Å². The van der Waals surface area contributed by atoms with Crippen molar-refractivity contribution < 1.29 is 37.0 Å². The third-order valence-corrected chi connectivity index (χ3v) is 5.30. The van der Waals surface area contributed by atoms with E-state index < -0.39 is 47.7 Å². The minimum absolute atomic E-state index is 0.0415. The first kappa shape index (κ1) is 19.1. The summed E-state index contributed by atoms with van der Waals surface area (Å²) in [5, 5.41) is 9.06. The molecule has 0 radical (unpaired) electrons. The van der Waals surface area contributed by atoms with E-state index in [2.05, 4.69) is 4.98 Å². The molecule has 1 aromatic heterocycles. The highest BCUT2D eigenvalue weighted by Gasteiger charge is 2.38. The second-order valence-electron chi connectivity index (χ2n) is 6.16. The Morgan fingerprint density at radius 1 is 1.21 bits per heavy atom. The average molecular weight is 426 g/mol. The van der Waals surface area contributed by atoms with Crippen molar-refractivity contribution in [1.82, 2.24) is 4.98 Å². The maximum absolute atomic E-state index is 14.4. The lowest BCUT2D eigenvalue weighted by molar-refractivity contribution is -0.142. The van der Waals surface area contributed by atoms with Gasteiger partial charge in [-0.3, -0.25) is 14.5 Å². The average Bonchev–Trinajstić information content (AvgIpc) is 3.05. The van der Waals surface area contributed by atoms with Crippen molar-refractivity contribution >= 4 is 39.1 Å². The van der Waals surface area contributed by atoms with Gasteiger partial charge in [-0.25, -0.2) is 22.5 Å². The van der Waals surface area contributed by atoms with E-state index in [0.29, 0.717) is 11.3 Å². The summed E-state index contributed by atoms with van der Waals surface area (Å²) in [4.78, 5) is 28.7. The first-order chi connectivity index (χ1) is 13.8. The number of rotatable bonds is 4. The third kappa shape index (κ3) is 3.27. The van der Waals surface area contributed by atoms with E-state index in [1.165, 1.54) is 12.1 Å². The van der Waals surface area contributed by atoms with Crippen LogP contribution in [0.15, 0.2) is 24.3 Å². The number of aliphatic carboxylic acids is 1. The van der Waals surface area contributed by atoms with Crippen molar-refractivity contribution in [2.45, 2.75) is 19.1 Å². The summed E-state index contributed by atoms with van der Waals surface area (Å²) >= 11 is 0.672. The number of hydrogen-bond donors (Lipinski definition) is 1. The SMILES string of the molecule is O=C(O)CC1Oc2cccc(F)c2N(Cc2nc3cc(F)c(F)c(F)c3s2)C1=O. The van der Waals surface area contributed by atoms with Gasteiger partial charge < -0.3 is 9.84 Å². The van der Waals surface area contributed by atoms with Crippen molar-refractivity contribution in [3.63, 3.8) is 0 Å². The Labute approximate surface area is 164 Å². The Morgan fingerprint density at radius 2 is 1.97 bits per heavy atom. The van der Waals surface area contributed by atoms with Crippen LogP contribution in [0.1, 0.15) is 11.4 Å². The van der Waals surface area contributed by atoms with E-state index in [4.69, 9.17) is 9.84 Å². The Bertz CT molecular complexity index is 1170. The number of carboxylic acids is 1. The van der Waals surface area contributed by atoms with Gasteiger partial charge in [0.05, 0.1) is 23.2 Å². The lowest BCUT2D eigenvalue weighted by Gasteiger charge is -2.33. The Hall–Kier alpha value is -3.21. The van der Waals surface area contributed by atoms with E-state index in [9.17, 15) is 27.2 Å². The van der Waals surface area contributed by atoms with Crippen LogP contribution < -0.4 is 9.64 Å². The number of anilines is 1. The van der Waals surface area contributed by atoms with Gasteiger partial charge in [-0.2, -0.15) is 0 Å². The molecule has 4 rings (SSSR count). The van der Waals surface area contributed by atoms with Gasteiger partial charge in [-0.15, -0.1) is 11.3 Å². The molecule has 0 fully saturated rings. The number of nitrogens with zero attached hydrogens (tertiary/aromatic N) is 2. The second-order valence-corrected chi connectivity index (χ2v) is 7.24. The molecule has 29 heavy (non-hydrogen) atoms. The van der Waals surface area contributed by atoms with Gasteiger partial charge in [0.25, 0.3) is 5.91 Å². The number of thiazole rings is 1. The summed E-state index contributed by atoms with van der Waals surface area (Å²) in [6.45, 7) is -0.367. The molecule has 0 spiro atoms. The molecule has 1 unspecified atom stereocenters. The number of carbonyl (C=O) groups excluding carboxylic acids is 1. The summed E-state index contributed by atoms with van der Waals surface area (Å²) < 4.78 is 60.3. The molecule has 1 aliphatic rings. The summed E-state index contributed by atoms with van der Waals surface area (Å²) in [5.41, 5.74) is -0.380. The first-order valence-corrected chi connectivity index (χ1v) is 8.99. The van der Waals surface area contributed by atoms with Gasteiger partial charge in [0.1, 0.15) is 16.4 Å². The number of amides is 1. The predicted molar refractivity (Wildman–Crippen MR) is 93.8 cm³/mol. The molecule has 11 heteroatoms. The van der Waals surface area contributed by atoms with E-state index in [1.807, 2.05) is 0 Å². The first-order valence-electron chi connectivity index (χ1n) is 8.17. The molecule has 3 aromatic rings. The molecule has 1 aliphatic heterocycles. The number of hydrogen-bond acceptors (Lipinski definition) is 5. The zero-order valence-electron chi connectivity index (χ0n) is 14.3. The van der Waals surface area contributed by atoms with Crippen molar-refractivity contribution in [3.05, 3.63) is 52.5 Å². The normalized spacial score (nSPS) is 16.1. The quantitative estimate of drug-likeness (QED) is 0.509. The van der Waals surface area contributed by atoms with Crippen molar-refractivity contribution in [3.8, 4) is 5.75 Å². The molecule has 0 saturated heterocycles. The highest BCUT2D eigenvalue weighted by molar-refractivity contribution is 7.18. The van der Waals surface area contributed by atoms with E-state index in [1.54, 1.807) is 0 Å². The predicted octanol–water partition coefficient (Wildman–Crippen LogP) is 3.62. The highest BCUT2D eigenvalue weighted by Crippen LogP contribution is 2.39. The number of carboxylic acid groups (broad SMARTS) is 1. The maximum atomic E-state index is 14.4. The maximum Gasteiger partial charge on any atom is 0.307 e. The fourth-order valence-electron chi connectivity index (χ4n) is 3.01. The number of carbonyl (C=O) groups is 2. The molecule has 1 amide bonds. The largest absolute Gasteiger partial charge is 0.481 e. The topological polar surface area (TPSA) is 79.7 Å². The molecule has 6 nitrogen and oxygen atoms in total. The molecule has 0 saturated carbocycles. The van der Waals surface area contributed by atoms with E-state index in [0.717, 1.165) is 17.0 Å². The number of para-hydroxylation sites is 1. The van der Waals surface area contributed by atoms with Crippen LogP contribution in [0.5, 0.6) is 5.75 Å². The standard InChI is InChI=1S/C18H10F4N2O4S/c19-7-2-1-3-10-16(7)24(18(27)11(28-10)5-13(25)26)6-12-23-9-4-8(20)14(21)15(22)17(9)29-12/h1-4,11H,5-6H2,(H,25,26). The van der Waals surface area contributed by atoms with Crippen LogP contribution >= 0.6 is 11.3 Å². The van der Waals surface area contributed by atoms with Crippen LogP contribution in [0.2, 0.25) is 0 Å². The molecular formula is C18H10F4N2O4S. The smallest absolute Gasteiger partial charge is 0.307 e. The summed E-state index contributed by atoms with van der Waals surface area (Å²) in [5.74, 6) is -7.43. The number of fused-ring (bicyclic) bond motifs is 2. The Kier molecular flexibility index (Phi) is 4.61.